The van der Waals surface area contributed by atoms with Crippen LogP contribution in [-0.4, -0.2) is 16.1 Å². The first-order chi connectivity index (χ1) is 7.70. The van der Waals surface area contributed by atoms with Gasteiger partial charge in [-0.15, -0.1) is 0 Å². The number of hydrogen-bond donors (Lipinski definition) is 1. The molecule has 0 bridgehead atoms. The first-order valence-electron chi connectivity index (χ1n) is 4.62. The van der Waals surface area contributed by atoms with Gasteiger partial charge in [0.05, 0.1) is 5.56 Å². The Labute approximate surface area is 101 Å². The number of aromatic nitrogens is 1. The molecule has 0 saturated carbocycles. The average molecular weight is 278 g/mol. The summed E-state index contributed by atoms with van der Waals surface area (Å²) in [7, 11) is 0. The zero-order chi connectivity index (χ0) is 11.5. The molecule has 0 amide bonds. The molecule has 4 heteroatoms. The third kappa shape index (κ3) is 1.97. The van der Waals surface area contributed by atoms with Crippen LogP contribution in [0.1, 0.15) is 10.4 Å². The first kappa shape index (κ1) is 10.8. The quantitative estimate of drug-likeness (QED) is 0.917. The van der Waals surface area contributed by atoms with Crippen molar-refractivity contribution in [3.63, 3.8) is 0 Å². The Morgan fingerprint density at radius 2 is 1.88 bits per heavy atom. The largest absolute Gasteiger partial charge is 0.478 e. The maximum Gasteiger partial charge on any atom is 0.337 e. The molecule has 1 aromatic carbocycles. The summed E-state index contributed by atoms with van der Waals surface area (Å²) < 4.78 is 0.679. The summed E-state index contributed by atoms with van der Waals surface area (Å²) in [5, 5.41) is 9.09. The van der Waals surface area contributed by atoms with Gasteiger partial charge in [-0.05, 0) is 21.5 Å². The lowest BCUT2D eigenvalue weighted by atomic mass is 10.0. The second-order valence-corrected chi connectivity index (χ2v) is 4.07. The lowest BCUT2D eigenvalue weighted by molar-refractivity contribution is 0.0697. The van der Waals surface area contributed by atoms with Gasteiger partial charge < -0.3 is 5.11 Å². The molecule has 0 radical (unpaired) electrons. The maximum absolute atomic E-state index is 11.1. The van der Waals surface area contributed by atoms with Gasteiger partial charge in [-0.1, -0.05) is 30.3 Å². The second kappa shape index (κ2) is 4.45. The van der Waals surface area contributed by atoms with Crippen LogP contribution in [0.3, 0.4) is 0 Å². The van der Waals surface area contributed by atoms with Crippen molar-refractivity contribution >= 4 is 21.9 Å². The van der Waals surface area contributed by atoms with Gasteiger partial charge in [0.1, 0.15) is 0 Å². The highest BCUT2D eigenvalue weighted by Crippen LogP contribution is 2.30. The highest BCUT2D eigenvalue weighted by atomic mass is 79.9. The molecule has 0 aliphatic heterocycles. The van der Waals surface area contributed by atoms with Crippen molar-refractivity contribution in [1.82, 2.24) is 4.98 Å². The summed E-state index contributed by atoms with van der Waals surface area (Å²) in [6.07, 6.45) is 2.95. The van der Waals surface area contributed by atoms with E-state index < -0.39 is 5.97 Å². The molecule has 1 N–H and O–H groups in total. The predicted octanol–water partition coefficient (Wildman–Crippen LogP) is 3.21. The molecule has 80 valence electrons. The number of halogens is 1. The van der Waals surface area contributed by atoms with Gasteiger partial charge in [0.15, 0.2) is 0 Å². The maximum atomic E-state index is 11.1. The van der Waals surface area contributed by atoms with E-state index in [-0.39, 0.29) is 5.56 Å². The van der Waals surface area contributed by atoms with Crippen molar-refractivity contribution in [3.05, 3.63) is 52.8 Å². The number of carbonyl (C=O) groups is 1. The summed E-state index contributed by atoms with van der Waals surface area (Å²) in [6, 6.07) is 9.36. The zero-order valence-corrected chi connectivity index (χ0v) is 9.81. The van der Waals surface area contributed by atoms with Gasteiger partial charge in [-0.25, -0.2) is 4.79 Å². The van der Waals surface area contributed by atoms with Crippen LogP contribution in [0.25, 0.3) is 11.1 Å². The van der Waals surface area contributed by atoms with Gasteiger partial charge in [0.2, 0.25) is 0 Å². The molecule has 0 unspecified atom stereocenters. The molecule has 16 heavy (non-hydrogen) atoms. The molecule has 0 spiro atoms. The molecule has 0 atom stereocenters. The third-order valence-corrected chi connectivity index (χ3v) is 2.79. The number of rotatable bonds is 2. The van der Waals surface area contributed by atoms with E-state index in [9.17, 15) is 4.79 Å². The van der Waals surface area contributed by atoms with Gasteiger partial charge in [-0.3, -0.25) is 4.98 Å². The molecule has 1 aromatic heterocycles. The fourth-order valence-corrected chi connectivity index (χ4v) is 2.06. The minimum Gasteiger partial charge on any atom is -0.478 e. The molecule has 2 aromatic rings. The Balaban J connectivity index is 2.68. The molecular formula is C12H8BrNO2. The number of carboxylic acids is 1. The SMILES string of the molecule is O=C(O)c1cncc(Br)c1-c1ccccc1. The Hall–Kier alpha value is -1.68. The van der Waals surface area contributed by atoms with Crippen LogP contribution in [0.4, 0.5) is 0 Å². The lowest BCUT2D eigenvalue weighted by Gasteiger charge is -2.07. The Morgan fingerprint density at radius 3 is 2.50 bits per heavy atom. The molecule has 0 fully saturated rings. The molecule has 0 aliphatic rings. The van der Waals surface area contributed by atoms with Crippen molar-refractivity contribution in [2.24, 2.45) is 0 Å². The number of nitrogens with zero attached hydrogens (tertiary/aromatic N) is 1. The number of hydrogen-bond acceptors (Lipinski definition) is 2. The summed E-state index contributed by atoms with van der Waals surface area (Å²) in [6.45, 7) is 0. The van der Waals surface area contributed by atoms with Crippen molar-refractivity contribution < 1.29 is 9.90 Å². The zero-order valence-electron chi connectivity index (χ0n) is 8.22. The number of pyridine rings is 1. The molecule has 0 aliphatic carbocycles. The average Bonchev–Trinajstić information content (AvgIpc) is 2.29. The Kier molecular flexibility index (Phi) is 3.01. The summed E-state index contributed by atoms with van der Waals surface area (Å²) >= 11 is 3.33. The topological polar surface area (TPSA) is 50.2 Å². The van der Waals surface area contributed by atoms with Crippen LogP contribution in [0, 0.1) is 0 Å². The van der Waals surface area contributed by atoms with Crippen LogP contribution < -0.4 is 0 Å². The van der Waals surface area contributed by atoms with Crippen LogP contribution in [0.2, 0.25) is 0 Å². The van der Waals surface area contributed by atoms with E-state index in [1.54, 1.807) is 6.20 Å². The second-order valence-electron chi connectivity index (χ2n) is 3.22. The molecule has 2 rings (SSSR count). The van der Waals surface area contributed by atoms with E-state index in [4.69, 9.17) is 5.11 Å². The fourth-order valence-electron chi connectivity index (χ4n) is 1.50. The van der Waals surface area contributed by atoms with Gasteiger partial charge >= 0.3 is 5.97 Å². The highest BCUT2D eigenvalue weighted by Gasteiger charge is 2.14. The fraction of sp³-hybridized carbons (Fsp3) is 0. The van der Waals surface area contributed by atoms with Gasteiger partial charge in [0.25, 0.3) is 0 Å². The van der Waals surface area contributed by atoms with Crippen LogP contribution >= 0.6 is 15.9 Å². The Morgan fingerprint density at radius 1 is 1.19 bits per heavy atom. The minimum absolute atomic E-state index is 0.195. The molecule has 3 nitrogen and oxygen atoms in total. The lowest BCUT2D eigenvalue weighted by Crippen LogP contribution is -2.01. The van der Waals surface area contributed by atoms with Crippen molar-refractivity contribution in [1.29, 1.82) is 0 Å². The smallest absolute Gasteiger partial charge is 0.337 e. The summed E-state index contributed by atoms with van der Waals surface area (Å²) in [4.78, 5) is 15.0. The monoisotopic (exact) mass is 277 g/mol. The van der Waals surface area contributed by atoms with Gasteiger partial charge in [0, 0.05) is 22.4 Å². The molecule has 0 saturated heterocycles. The highest BCUT2D eigenvalue weighted by molar-refractivity contribution is 9.10. The van der Waals surface area contributed by atoms with Crippen molar-refractivity contribution in [2.45, 2.75) is 0 Å². The standard InChI is InChI=1S/C12H8BrNO2/c13-10-7-14-6-9(12(15)16)11(10)8-4-2-1-3-5-8/h1-7H,(H,15,16). The van der Waals surface area contributed by atoms with E-state index in [0.717, 1.165) is 5.56 Å². The predicted molar refractivity (Wildman–Crippen MR) is 64.3 cm³/mol. The van der Waals surface area contributed by atoms with Crippen molar-refractivity contribution in [3.8, 4) is 11.1 Å². The third-order valence-electron chi connectivity index (χ3n) is 2.19. The summed E-state index contributed by atoms with van der Waals surface area (Å²) in [5.41, 5.74) is 1.71. The van der Waals surface area contributed by atoms with E-state index in [2.05, 4.69) is 20.9 Å². The van der Waals surface area contributed by atoms with E-state index in [1.165, 1.54) is 6.20 Å². The molecular weight excluding hydrogens is 270 g/mol. The Bertz CT molecular complexity index is 526. The van der Waals surface area contributed by atoms with Crippen LogP contribution in [0.5, 0.6) is 0 Å². The van der Waals surface area contributed by atoms with Crippen molar-refractivity contribution in [2.75, 3.05) is 0 Å². The van der Waals surface area contributed by atoms with E-state index in [0.29, 0.717) is 10.0 Å². The van der Waals surface area contributed by atoms with E-state index >= 15 is 0 Å². The number of benzene rings is 1. The van der Waals surface area contributed by atoms with E-state index in [1.807, 2.05) is 30.3 Å². The molecule has 1 heterocycles. The normalized spacial score (nSPS) is 10.1. The van der Waals surface area contributed by atoms with Crippen LogP contribution in [0.15, 0.2) is 47.2 Å². The van der Waals surface area contributed by atoms with Gasteiger partial charge in [-0.2, -0.15) is 0 Å². The number of carboxylic acid groups (broad SMARTS) is 1. The minimum atomic E-state index is -0.979. The van der Waals surface area contributed by atoms with Crippen LogP contribution in [-0.2, 0) is 0 Å². The summed E-state index contributed by atoms with van der Waals surface area (Å²) in [5.74, 6) is -0.979. The number of aromatic carboxylic acids is 1. The first-order valence-corrected chi connectivity index (χ1v) is 5.41.